The van der Waals surface area contributed by atoms with Crippen LogP contribution in [-0.2, 0) is 22.6 Å². The lowest BCUT2D eigenvalue weighted by Crippen LogP contribution is -2.37. The smallest absolute Gasteiger partial charge is 0.261 e. The van der Waals surface area contributed by atoms with Crippen molar-refractivity contribution in [2.24, 2.45) is 0 Å². The number of amides is 1. The first-order valence-corrected chi connectivity index (χ1v) is 11.0. The molecule has 1 N–H and O–H groups in total. The van der Waals surface area contributed by atoms with Crippen molar-refractivity contribution in [2.75, 3.05) is 26.3 Å². The van der Waals surface area contributed by atoms with Crippen LogP contribution in [0.3, 0.4) is 0 Å². The standard InChI is InChI=1S/C26H30N2O3/c1-2-24(31-25-12-6-10-22-9-3-4-11-23(22)25)26(29)27-18-20-7-5-8-21(17-20)19-28-13-15-30-16-14-28/h3-12,17,24H,2,13-16,18-19H2,1H3,(H,27,29)/t24-/m1/s1. The van der Waals surface area contributed by atoms with Gasteiger partial charge in [-0.1, -0.05) is 67.6 Å². The Morgan fingerprint density at radius 1 is 1.03 bits per heavy atom. The number of hydrogen-bond donors (Lipinski definition) is 1. The van der Waals surface area contributed by atoms with Crippen LogP contribution in [0.25, 0.3) is 10.8 Å². The molecule has 3 aromatic rings. The second-order valence-corrected chi connectivity index (χ2v) is 7.92. The first-order valence-electron chi connectivity index (χ1n) is 11.0. The van der Waals surface area contributed by atoms with Gasteiger partial charge in [-0.2, -0.15) is 0 Å². The Labute approximate surface area is 184 Å². The zero-order chi connectivity index (χ0) is 21.5. The van der Waals surface area contributed by atoms with Crippen LogP contribution >= 0.6 is 0 Å². The Morgan fingerprint density at radius 3 is 2.61 bits per heavy atom. The van der Waals surface area contributed by atoms with Gasteiger partial charge in [0.05, 0.1) is 13.2 Å². The van der Waals surface area contributed by atoms with Gasteiger partial charge in [0, 0.05) is 31.6 Å². The van der Waals surface area contributed by atoms with E-state index in [2.05, 4.69) is 34.5 Å². The summed E-state index contributed by atoms with van der Waals surface area (Å²) in [5.74, 6) is 0.654. The maximum absolute atomic E-state index is 12.8. The molecule has 0 spiro atoms. The number of nitrogens with one attached hydrogen (secondary N) is 1. The summed E-state index contributed by atoms with van der Waals surface area (Å²) in [6.45, 7) is 6.89. The molecule has 5 nitrogen and oxygen atoms in total. The Balaban J connectivity index is 1.36. The number of morpholine rings is 1. The molecule has 31 heavy (non-hydrogen) atoms. The van der Waals surface area contributed by atoms with Crippen LogP contribution in [0, 0.1) is 0 Å². The number of rotatable bonds is 8. The maximum Gasteiger partial charge on any atom is 0.261 e. The van der Waals surface area contributed by atoms with E-state index in [1.165, 1.54) is 5.56 Å². The third-order valence-electron chi connectivity index (χ3n) is 5.65. The molecule has 1 aliphatic rings. The number of ether oxygens (including phenoxy) is 2. The third-order valence-corrected chi connectivity index (χ3v) is 5.65. The van der Waals surface area contributed by atoms with Gasteiger partial charge in [-0.15, -0.1) is 0 Å². The van der Waals surface area contributed by atoms with Gasteiger partial charge < -0.3 is 14.8 Å². The van der Waals surface area contributed by atoms with Crippen LogP contribution in [0.15, 0.2) is 66.7 Å². The van der Waals surface area contributed by atoms with Gasteiger partial charge in [-0.3, -0.25) is 9.69 Å². The highest BCUT2D eigenvalue weighted by Gasteiger charge is 2.19. The SMILES string of the molecule is CC[C@@H](Oc1cccc2ccccc12)C(=O)NCc1cccc(CN2CCOCC2)c1. The second kappa shape index (κ2) is 10.4. The van der Waals surface area contributed by atoms with Gasteiger partial charge in [-0.25, -0.2) is 0 Å². The molecule has 1 amide bonds. The predicted molar refractivity (Wildman–Crippen MR) is 123 cm³/mol. The van der Waals surface area contributed by atoms with Crippen molar-refractivity contribution in [3.63, 3.8) is 0 Å². The lowest BCUT2D eigenvalue weighted by Gasteiger charge is -2.26. The van der Waals surface area contributed by atoms with Crippen molar-refractivity contribution >= 4 is 16.7 Å². The summed E-state index contributed by atoms with van der Waals surface area (Å²) in [6, 6.07) is 22.4. The van der Waals surface area contributed by atoms with Crippen molar-refractivity contribution < 1.29 is 14.3 Å². The molecule has 1 saturated heterocycles. The fraction of sp³-hybridized carbons (Fsp3) is 0.346. The van der Waals surface area contributed by atoms with Gasteiger partial charge in [-0.05, 0) is 29.0 Å². The van der Waals surface area contributed by atoms with Gasteiger partial charge in [0.1, 0.15) is 5.75 Å². The number of benzene rings is 3. The molecule has 0 aromatic heterocycles. The molecule has 0 aliphatic carbocycles. The van der Waals surface area contributed by atoms with Crippen LogP contribution in [0.4, 0.5) is 0 Å². The summed E-state index contributed by atoms with van der Waals surface area (Å²) < 4.78 is 11.5. The average Bonchev–Trinajstić information content (AvgIpc) is 2.82. The summed E-state index contributed by atoms with van der Waals surface area (Å²) in [5.41, 5.74) is 2.35. The normalized spacial score (nSPS) is 15.5. The molecule has 4 rings (SSSR count). The number of carbonyl (C=O) groups excluding carboxylic acids is 1. The van der Waals surface area contributed by atoms with Gasteiger partial charge in [0.15, 0.2) is 6.10 Å². The lowest BCUT2D eigenvalue weighted by atomic mass is 10.1. The Morgan fingerprint density at radius 2 is 1.77 bits per heavy atom. The van der Waals surface area contributed by atoms with E-state index in [9.17, 15) is 4.79 Å². The number of hydrogen-bond acceptors (Lipinski definition) is 4. The van der Waals surface area contributed by atoms with Crippen molar-refractivity contribution in [3.8, 4) is 5.75 Å². The van der Waals surface area contributed by atoms with E-state index in [0.717, 1.165) is 54.9 Å². The van der Waals surface area contributed by atoms with E-state index in [1.54, 1.807) is 0 Å². The van der Waals surface area contributed by atoms with Crippen LogP contribution in [0.1, 0.15) is 24.5 Å². The van der Waals surface area contributed by atoms with Crippen molar-refractivity contribution in [1.29, 1.82) is 0 Å². The van der Waals surface area contributed by atoms with Crippen LogP contribution in [0.2, 0.25) is 0 Å². The van der Waals surface area contributed by atoms with E-state index in [-0.39, 0.29) is 5.91 Å². The highest BCUT2D eigenvalue weighted by Crippen LogP contribution is 2.26. The molecule has 0 bridgehead atoms. The Hall–Kier alpha value is -2.89. The summed E-state index contributed by atoms with van der Waals surface area (Å²) in [6.07, 6.45) is 0.0777. The summed E-state index contributed by atoms with van der Waals surface area (Å²) in [5, 5.41) is 5.18. The molecule has 0 saturated carbocycles. The zero-order valence-electron chi connectivity index (χ0n) is 18.0. The Kier molecular flexibility index (Phi) is 7.18. The largest absolute Gasteiger partial charge is 0.480 e. The second-order valence-electron chi connectivity index (χ2n) is 7.92. The molecule has 162 valence electrons. The van der Waals surface area contributed by atoms with E-state index in [0.29, 0.717) is 13.0 Å². The number of carbonyl (C=O) groups is 1. The third kappa shape index (κ3) is 5.63. The topological polar surface area (TPSA) is 50.8 Å². The minimum Gasteiger partial charge on any atom is -0.480 e. The molecule has 1 atom stereocenters. The monoisotopic (exact) mass is 418 g/mol. The number of fused-ring (bicyclic) bond motifs is 1. The quantitative estimate of drug-likeness (QED) is 0.597. The summed E-state index contributed by atoms with van der Waals surface area (Å²) >= 11 is 0. The van der Waals surface area contributed by atoms with E-state index >= 15 is 0 Å². The molecular weight excluding hydrogens is 388 g/mol. The molecule has 0 unspecified atom stereocenters. The molecule has 5 heteroatoms. The highest BCUT2D eigenvalue weighted by atomic mass is 16.5. The molecular formula is C26H30N2O3. The first-order chi connectivity index (χ1) is 15.2. The van der Waals surface area contributed by atoms with Crippen LogP contribution < -0.4 is 10.1 Å². The van der Waals surface area contributed by atoms with Crippen molar-refractivity contribution in [3.05, 3.63) is 77.9 Å². The van der Waals surface area contributed by atoms with E-state index in [4.69, 9.17) is 9.47 Å². The van der Waals surface area contributed by atoms with Gasteiger partial charge >= 0.3 is 0 Å². The minimum absolute atomic E-state index is 0.0889. The molecule has 3 aromatic carbocycles. The average molecular weight is 419 g/mol. The van der Waals surface area contributed by atoms with E-state index in [1.807, 2.05) is 49.4 Å². The predicted octanol–water partition coefficient (Wildman–Crippen LogP) is 4.15. The van der Waals surface area contributed by atoms with Crippen molar-refractivity contribution in [1.82, 2.24) is 10.2 Å². The minimum atomic E-state index is -0.526. The summed E-state index contributed by atoms with van der Waals surface area (Å²) in [7, 11) is 0. The highest BCUT2D eigenvalue weighted by molar-refractivity contribution is 5.89. The fourth-order valence-electron chi connectivity index (χ4n) is 3.93. The number of nitrogens with zero attached hydrogens (tertiary/aromatic N) is 1. The molecule has 1 aliphatic heterocycles. The van der Waals surface area contributed by atoms with Gasteiger partial charge in [0.25, 0.3) is 5.91 Å². The Bertz CT molecular complexity index is 1010. The van der Waals surface area contributed by atoms with Crippen LogP contribution in [0.5, 0.6) is 5.75 Å². The molecule has 1 heterocycles. The maximum atomic E-state index is 12.8. The zero-order valence-corrected chi connectivity index (χ0v) is 18.0. The lowest BCUT2D eigenvalue weighted by molar-refractivity contribution is -0.128. The molecule has 1 fully saturated rings. The van der Waals surface area contributed by atoms with Crippen molar-refractivity contribution in [2.45, 2.75) is 32.5 Å². The molecule has 0 radical (unpaired) electrons. The fourth-order valence-corrected chi connectivity index (χ4v) is 3.93. The van der Waals surface area contributed by atoms with Crippen LogP contribution in [-0.4, -0.2) is 43.2 Å². The van der Waals surface area contributed by atoms with Gasteiger partial charge in [0.2, 0.25) is 0 Å². The first kappa shape index (κ1) is 21.3. The van der Waals surface area contributed by atoms with E-state index < -0.39 is 6.10 Å². The summed E-state index contributed by atoms with van der Waals surface area (Å²) in [4.78, 5) is 15.2.